The van der Waals surface area contributed by atoms with Crippen molar-refractivity contribution in [2.24, 2.45) is 5.92 Å². The van der Waals surface area contributed by atoms with Crippen LogP contribution in [-0.4, -0.2) is 31.3 Å². The molecule has 16 heavy (non-hydrogen) atoms. The normalized spacial score (nSPS) is 20.9. The Kier molecular flexibility index (Phi) is 5.72. The van der Waals surface area contributed by atoms with Gasteiger partial charge in [0.25, 0.3) is 10.1 Å². The van der Waals surface area contributed by atoms with Gasteiger partial charge in [0.15, 0.2) is 0 Å². The van der Waals surface area contributed by atoms with E-state index in [1.54, 1.807) is 0 Å². The molecule has 2 N–H and O–H groups in total. The van der Waals surface area contributed by atoms with Crippen molar-refractivity contribution in [3.05, 3.63) is 0 Å². The van der Waals surface area contributed by atoms with Gasteiger partial charge in [-0.05, 0) is 31.7 Å². The van der Waals surface area contributed by atoms with E-state index in [0.717, 1.165) is 13.0 Å². The van der Waals surface area contributed by atoms with Gasteiger partial charge in [0.1, 0.15) is 0 Å². The van der Waals surface area contributed by atoms with Gasteiger partial charge < -0.3 is 5.32 Å². The monoisotopic (exact) mass is 249 g/mol. The molecule has 1 fully saturated rings. The van der Waals surface area contributed by atoms with Gasteiger partial charge in [-0.1, -0.05) is 26.2 Å². The maximum Gasteiger partial charge on any atom is 0.265 e. The van der Waals surface area contributed by atoms with Crippen LogP contribution in [0.3, 0.4) is 0 Å². The van der Waals surface area contributed by atoms with E-state index in [0.29, 0.717) is 6.04 Å². The van der Waals surface area contributed by atoms with Crippen LogP contribution in [0, 0.1) is 5.92 Å². The first-order valence-electron chi connectivity index (χ1n) is 6.16. The van der Waals surface area contributed by atoms with Crippen molar-refractivity contribution < 1.29 is 13.0 Å². The van der Waals surface area contributed by atoms with Gasteiger partial charge >= 0.3 is 0 Å². The average Bonchev–Trinajstić information content (AvgIpc) is 2.16. The lowest BCUT2D eigenvalue weighted by atomic mass is 9.95. The van der Waals surface area contributed by atoms with E-state index >= 15 is 0 Å². The third kappa shape index (κ3) is 6.45. The molecule has 0 spiro atoms. The molecule has 96 valence electrons. The van der Waals surface area contributed by atoms with Gasteiger partial charge in [-0.2, -0.15) is 8.42 Å². The van der Waals surface area contributed by atoms with Gasteiger partial charge in [-0.3, -0.25) is 4.55 Å². The zero-order chi connectivity index (χ0) is 12.0. The summed E-state index contributed by atoms with van der Waals surface area (Å²) in [4.78, 5) is 0. The van der Waals surface area contributed by atoms with Gasteiger partial charge in [-0.15, -0.1) is 0 Å². The zero-order valence-corrected chi connectivity index (χ0v) is 10.8. The number of hydrogen-bond acceptors (Lipinski definition) is 3. The van der Waals surface area contributed by atoms with Crippen LogP contribution in [0.5, 0.6) is 0 Å². The summed E-state index contributed by atoms with van der Waals surface area (Å²) < 4.78 is 30.0. The summed E-state index contributed by atoms with van der Waals surface area (Å²) in [5.41, 5.74) is 0. The van der Waals surface area contributed by atoms with Crippen molar-refractivity contribution in [2.45, 2.75) is 51.5 Å². The first kappa shape index (κ1) is 13.9. The van der Waals surface area contributed by atoms with Gasteiger partial charge in [0.2, 0.25) is 0 Å². The Morgan fingerprint density at radius 1 is 1.31 bits per heavy atom. The molecule has 0 amide bonds. The Morgan fingerprint density at radius 2 is 1.94 bits per heavy atom. The molecule has 0 heterocycles. The number of nitrogens with one attached hydrogen (secondary N) is 1. The topological polar surface area (TPSA) is 66.4 Å². The summed E-state index contributed by atoms with van der Waals surface area (Å²) in [5, 5.41) is 3.46. The molecule has 1 aliphatic carbocycles. The summed E-state index contributed by atoms with van der Waals surface area (Å²) in [5.74, 6) is -0.106. The molecular weight excluding hydrogens is 226 g/mol. The second-order valence-corrected chi connectivity index (χ2v) is 6.43. The molecule has 0 bridgehead atoms. The Morgan fingerprint density at radius 3 is 2.50 bits per heavy atom. The molecule has 0 aromatic carbocycles. The standard InChI is InChI=1S/C11H23NO3S/c1-10(9-16(13,14)15)7-8-12-11-5-3-2-4-6-11/h10-12H,2-9H2,1H3,(H,13,14,15). The second kappa shape index (κ2) is 6.57. The van der Waals surface area contributed by atoms with Crippen molar-refractivity contribution in [3.8, 4) is 0 Å². The van der Waals surface area contributed by atoms with Crippen molar-refractivity contribution in [2.75, 3.05) is 12.3 Å². The van der Waals surface area contributed by atoms with E-state index < -0.39 is 10.1 Å². The first-order valence-corrected chi connectivity index (χ1v) is 7.77. The molecule has 0 saturated heterocycles. The second-order valence-electron chi connectivity index (χ2n) is 4.93. The Labute approximate surface area is 98.6 Å². The number of hydrogen-bond donors (Lipinski definition) is 2. The minimum absolute atomic E-state index is 0.0195. The van der Waals surface area contributed by atoms with Crippen molar-refractivity contribution in [1.82, 2.24) is 5.32 Å². The Balaban J connectivity index is 2.10. The third-order valence-corrected chi connectivity index (χ3v) is 4.16. The molecule has 1 unspecified atom stereocenters. The molecule has 0 aliphatic heterocycles. The van der Waals surface area contributed by atoms with Gasteiger partial charge in [-0.25, -0.2) is 0 Å². The van der Waals surface area contributed by atoms with E-state index in [4.69, 9.17) is 4.55 Å². The highest BCUT2D eigenvalue weighted by Crippen LogP contribution is 2.17. The molecule has 0 aromatic heterocycles. The molecule has 0 aromatic rings. The summed E-state index contributed by atoms with van der Waals surface area (Å²) in [6.45, 7) is 2.71. The molecule has 4 nitrogen and oxygen atoms in total. The van der Waals surface area contributed by atoms with Crippen LogP contribution >= 0.6 is 0 Å². The zero-order valence-electron chi connectivity index (χ0n) is 9.98. The van der Waals surface area contributed by atoms with Crippen LogP contribution in [-0.2, 0) is 10.1 Å². The van der Waals surface area contributed by atoms with E-state index in [1.165, 1.54) is 32.1 Å². The molecule has 1 aliphatic rings. The lowest BCUT2D eigenvalue weighted by Gasteiger charge is -2.23. The van der Waals surface area contributed by atoms with E-state index in [-0.39, 0.29) is 11.7 Å². The highest BCUT2D eigenvalue weighted by atomic mass is 32.2. The minimum Gasteiger partial charge on any atom is -0.314 e. The van der Waals surface area contributed by atoms with E-state index in [2.05, 4.69) is 5.32 Å². The molecule has 1 rings (SSSR count). The molecule has 1 saturated carbocycles. The molecule has 1 atom stereocenters. The largest absolute Gasteiger partial charge is 0.314 e. The van der Waals surface area contributed by atoms with Crippen LogP contribution in [0.15, 0.2) is 0 Å². The van der Waals surface area contributed by atoms with Gasteiger partial charge in [0.05, 0.1) is 5.75 Å². The fraction of sp³-hybridized carbons (Fsp3) is 1.00. The quantitative estimate of drug-likeness (QED) is 0.705. The smallest absolute Gasteiger partial charge is 0.265 e. The number of rotatable bonds is 6. The van der Waals surface area contributed by atoms with E-state index in [1.807, 2.05) is 6.92 Å². The van der Waals surface area contributed by atoms with E-state index in [9.17, 15) is 8.42 Å². The maximum absolute atomic E-state index is 10.6. The lowest BCUT2D eigenvalue weighted by molar-refractivity contribution is 0.362. The molecule has 5 heteroatoms. The average molecular weight is 249 g/mol. The third-order valence-electron chi connectivity index (χ3n) is 3.17. The summed E-state index contributed by atoms with van der Waals surface area (Å²) in [6, 6.07) is 0.617. The highest BCUT2D eigenvalue weighted by molar-refractivity contribution is 7.85. The highest BCUT2D eigenvalue weighted by Gasteiger charge is 2.14. The van der Waals surface area contributed by atoms with Crippen molar-refractivity contribution in [1.29, 1.82) is 0 Å². The van der Waals surface area contributed by atoms with Gasteiger partial charge in [0, 0.05) is 6.04 Å². The fourth-order valence-corrected chi connectivity index (χ4v) is 3.17. The van der Waals surface area contributed by atoms with Crippen LogP contribution < -0.4 is 5.32 Å². The van der Waals surface area contributed by atoms with Crippen molar-refractivity contribution in [3.63, 3.8) is 0 Å². The summed E-state index contributed by atoms with van der Waals surface area (Å²) in [7, 11) is -3.81. The summed E-state index contributed by atoms with van der Waals surface area (Å²) >= 11 is 0. The predicted molar refractivity (Wildman–Crippen MR) is 65.1 cm³/mol. The van der Waals surface area contributed by atoms with Crippen molar-refractivity contribution >= 4 is 10.1 Å². The Bertz CT molecular complexity index is 284. The first-order chi connectivity index (χ1) is 7.47. The van der Waals surface area contributed by atoms with Crippen LogP contribution in [0.1, 0.15) is 45.4 Å². The fourth-order valence-electron chi connectivity index (χ4n) is 2.28. The minimum atomic E-state index is -3.81. The maximum atomic E-state index is 10.6. The van der Waals surface area contributed by atoms with Crippen LogP contribution in [0.4, 0.5) is 0 Å². The van der Waals surface area contributed by atoms with Crippen LogP contribution in [0.2, 0.25) is 0 Å². The predicted octanol–water partition coefficient (Wildman–Crippen LogP) is 1.82. The molecular formula is C11H23NO3S. The Hall–Kier alpha value is -0.130. The summed E-state index contributed by atoms with van der Waals surface area (Å²) in [6.07, 6.45) is 7.24. The van der Waals surface area contributed by atoms with Crippen LogP contribution in [0.25, 0.3) is 0 Å². The molecule has 0 radical (unpaired) electrons. The lowest BCUT2D eigenvalue weighted by Crippen LogP contribution is -2.32. The SMILES string of the molecule is CC(CCNC1CCCCC1)CS(=O)(=O)O.